The summed E-state index contributed by atoms with van der Waals surface area (Å²) in [5.74, 6) is 1.51. The second kappa shape index (κ2) is 6.72. The SMILES string of the molecule is CCCCCN1CCC2CCN([O-])CC2CC1. The molecule has 0 amide bonds. The van der Waals surface area contributed by atoms with Gasteiger partial charge in [-0.1, -0.05) is 19.8 Å². The van der Waals surface area contributed by atoms with Crippen LogP contribution < -0.4 is 0 Å². The van der Waals surface area contributed by atoms with Crippen LogP contribution in [0.5, 0.6) is 0 Å². The van der Waals surface area contributed by atoms with Gasteiger partial charge >= 0.3 is 0 Å². The third kappa shape index (κ3) is 3.94. The van der Waals surface area contributed by atoms with E-state index in [-0.39, 0.29) is 0 Å². The van der Waals surface area contributed by atoms with Gasteiger partial charge in [0.15, 0.2) is 0 Å². The third-order valence-corrected chi connectivity index (χ3v) is 4.56. The van der Waals surface area contributed by atoms with E-state index >= 15 is 0 Å². The molecule has 0 radical (unpaired) electrons. The van der Waals surface area contributed by atoms with Crippen molar-refractivity contribution in [1.82, 2.24) is 9.96 Å². The number of hydrogen-bond donors (Lipinski definition) is 0. The monoisotopic (exact) mass is 239 g/mol. The summed E-state index contributed by atoms with van der Waals surface area (Å²) in [5, 5.41) is 12.7. The van der Waals surface area contributed by atoms with E-state index in [1.807, 2.05) is 0 Å². The van der Waals surface area contributed by atoms with E-state index in [0.717, 1.165) is 25.4 Å². The molecule has 3 nitrogen and oxygen atoms in total. The Hall–Kier alpha value is -0.120. The first kappa shape index (κ1) is 13.3. The molecule has 2 rings (SSSR count). The van der Waals surface area contributed by atoms with Crippen LogP contribution >= 0.6 is 0 Å². The smallest absolute Gasteiger partial charge is 0.00155 e. The molecule has 2 heterocycles. The van der Waals surface area contributed by atoms with Gasteiger partial charge in [-0.25, -0.2) is 0 Å². The Morgan fingerprint density at radius 3 is 2.47 bits per heavy atom. The standard InChI is InChI=1S/C14H27N2O/c1-2-3-4-8-15-9-5-13-7-11-16(17)12-14(13)6-10-15/h13-14H,2-12H2,1H3/q-1. The molecular formula is C14H27N2O-. The first-order valence-corrected chi connectivity index (χ1v) is 7.44. The number of hydroxylamine groups is 2. The summed E-state index contributed by atoms with van der Waals surface area (Å²) >= 11 is 0. The predicted molar refractivity (Wildman–Crippen MR) is 71.7 cm³/mol. The molecule has 0 aromatic rings. The molecule has 3 heteroatoms. The van der Waals surface area contributed by atoms with E-state index in [1.165, 1.54) is 56.8 Å². The van der Waals surface area contributed by atoms with Crippen molar-refractivity contribution in [1.29, 1.82) is 0 Å². The first-order chi connectivity index (χ1) is 8.29. The average Bonchev–Trinajstić information content (AvgIpc) is 2.52. The zero-order chi connectivity index (χ0) is 12.1. The number of hydrogen-bond acceptors (Lipinski definition) is 3. The van der Waals surface area contributed by atoms with Crippen molar-refractivity contribution in [3.05, 3.63) is 5.21 Å². The number of nitrogens with zero attached hydrogens (tertiary/aromatic N) is 2. The van der Waals surface area contributed by atoms with E-state index < -0.39 is 0 Å². The van der Waals surface area contributed by atoms with Gasteiger partial charge in [-0.3, -0.25) is 0 Å². The molecule has 2 aliphatic rings. The molecule has 2 atom stereocenters. The van der Waals surface area contributed by atoms with E-state index in [4.69, 9.17) is 0 Å². The Bertz CT molecular complexity index is 222. The highest BCUT2D eigenvalue weighted by atomic mass is 16.5. The highest BCUT2D eigenvalue weighted by Crippen LogP contribution is 2.31. The Balaban J connectivity index is 1.76. The lowest BCUT2D eigenvalue weighted by atomic mass is 9.83. The summed E-state index contributed by atoms with van der Waals surface area (Å²) in [6.07, 6.45) is 7.72. The molecule has 0 aromatic carbocycles. The zero-order valence-corrected chi connectivity index (χ0v) is 11.2. The lowest BCUT2D eigenvalue weighted by Crippen LogP contribution is -2.36. The zero-order valence-electron chi connectivity index (χ0n) is 11.2. The van der Waals surface area contributed by atoms with Gasteiger partial charge in [0.1, 0.15) is 0 Å². The second-order valence-corrected chi connectivity index (χ2v) is 5.82. The Kier molecular flexibility index (Phi) is 5.26. The minimum atomic E-state index is 0.678. The van der Waals surface area contributed by atoms with Gasteiger partial charge in [-0.05, 0) is 70.2 Å². The van der Waals surface area contributed by atoms with Crippen molar-refractivity contribution in [3.8, 4) is 0 Å². The summed E-state index contributed by atoms with van der Waals surface area (Å²) in [5.41, 5.74) is 0. The number of fused-ring (bicyclic) bond motifs is 1. The minimum absolute atomic E-state index is 0.678. The molecule has 0 aromatic heterocycles. The molecule has 0 saturated carbocycles. The lowest BCUT2D eigenvalue weighted by molar-refractivity contribution is 0.156. The van der Waals surface area contributed by atoms with E-state index in [0.29, 0.717) is 5.92 Å². The quantitative estimate of drug-likeness (QED) is 0.706. The largest absolute Gasteiger partial charge is 0.785 e. The predicted octanol–water partition coefficient (Wildman–Crippen LogP) is 2.71. The van der Waals surface area contributed by atoms with Crippen LogP contribution in [0.3, 0.4) is 0 Å². The van der Waals surface area contributed by atoms with Crippen LogP contribution in [-0.2, 0) is 0 Å². The summed E-state index contributed by atoms with van der Waals surface area (Å²) in [6, 6.07) is 0. The highest BCUT2D eigenvalue weighted by molar-refractivity contribution is 4.84. The van der Waals surface area contributed by atoms with Crippen LogP contribution in [-0.4, -0.2) is 42.7 Å². The summed E-state index contributed by atoms with van der Waals surface area (Å²) in [7, 11) is 0. The van der Waals surface area contributed by atoms with Crippen LogP contribution in [0.1, 0.15) is 45.4 Å². The van der Waals surface area contributed by atoms with E-state index in [1.54, 1.807) is 0 Å². The molecule has 2 saturated heterocycles. The number of piperidine rings is 1. The molecule has 2 fully saturated rings. The van der Waals surface area contributed by atoms with Gasteiger partial charge in [0.05, 0.1) is 0 Å². The van der Waals surface area contributed by atoms with E-state index in [2.05, 4.69) is 11.8 Å². The summed E-state index contributed by atoms with van der Waals surface area (Å²) in [4.78, 5) is 2.63. The van der Waals surface area contributed by atoms with Crippen LogP contribution in [0.25, 0.3) is 0 Å². The molecule has 17 heavy (non-hydrogen) atoms. The van der Waals surface area contributed by atoms with Crippen molar-refractivity contribution in [3.63, 3.8) is 0 Å². The minimum Gasteiger partial charge on any atom is -0.785 e. The van der Waals surface area contributed by atoms with Gasteiger partial charge in [0.25, 0.3) is 0 Å². The van der Waals surface area contributed by atoms with Crippen LogP contribution in [0, 0.1) is 17.0 Å². The van der Waals surface area contributed by atoms with Crippen molar-refractivity contribution in [2.75, 3.05) is 32.7 Å². The normalized spacial score (nSPS) is 32.1. The molecule has 100 valence electrons. The van der Waals surface area contributed by atoms with Gasteiger partial charge in [0.2, 0.25) is 0 Å². The number of unbranched alkanes of at least 4 members (excludes halogenated alkanes) is 2. The fourth-order valence-electron chi connectivity index (χ4n) is 3.37. The molecule has 2 unspecified atom stereocenters. The van der Waals surface area contributed by atoms with Crippen LogP contribution in [0.2, 0.25) is 0 Å². The summed E-state index contributed by atoms with van der Waals surface area (Å²) in [6.45, 7) is 7.60. The molecule has 2 aliphatic heterocycles. The maximum Gasteiger partial charge on any atom is -0.00155 e. The molecular weight excluding hydrogens is 212 g/mol. The number of likely N-dealkylation sites (tertiary alicyclic amines) is 1. The van der Waals surface area contributed by atoms with Gasteiger partial charge in [0, 0.05) is 0 Å². The van der Waals surface area contributed by atoms with Crippen molar-refractivity contribution >= 4 is 0 Å². The average molecular weight is 239 g/mol. The highest BCUT2D eigenvalue weighted by Gasteiger charge is 2.28. The first-order valence-electron chi connectivity index (χ1n) is 7.44. The molecule has 0 aliphatic carbocycles. The lowest BCUT2D eigenvalue weighted by Gasteiger charge is -2.41. The second-order valence-electron chi connectivity index (χ2n) is 5.82. The van der Waals surface area contributed by atoms with Gasteiger partial charge in [-0.15, -0.1) is 0 Å². The fourth-order valence-corrected chi connectivity index (χ4v) is 3.37. The summed E-state index contributed by atoms with van der Waals surface area (Å²) < 4.78 is 0. The fraction of sp³-hybridized carbons (Fsp3) is 1.00. The van der Waals surface area contributed by atoms with Crippen molar-refractivity contribution in [2.45, 2.75) is 45.4 Å². The third-order valence-electron chi connectivity index (χ3n) is 4.56. The topological polar surface area (TPSA) is 29.5 Å². The van der Waals surface area contributed by atoms with Crippen molar-refractivity contribution in [2.24, 2.45) is 11.8 Å². The Labute approximate surface area is 106 Å². The van der Waals surface area contributed by atoms with E-state index in [9.17, 15) is 5.21 Å². The molecule has 0 bridgehead atoms. The van der Waals surface area contributed by atoms with Gasteiger partial charge in [-0.2, -0.15) is 0 Å². The molecule has 0 N–H and O–H groups in total. The Morgan fingerprint density at radius 1 is 1.00 bits per heavy atom. The van der Waals surface area contributed by atoms with Crippen LogP contribution in [0.15, 0.2) is 0 Å². The van der Waals surface area contributed by atoms with Crippen molar-refractivity contribution < 1.29 is 0 Å². The maximum atomic E-state index is 11.4. The molecule has 0 spiro atoms. The van der Waals surface area contributed by atoms with Gasteiger partial charge < -0.3 is 15.2 Å². The van der Waals surface area contributed by atoms with Crippen LogP contribution in [0.4, 0.5) is 0 Å². The number of rotatable bonds is 4. The Morgan fingerprint density at radius 2 is 1.71 bits per heavy atom. The maximum absolute atomic E-state index is 11.4.